The molecule has 0 N–H and O–H groups in total. The van der Waals surface area contributed by atoms with E-state index in [1.165, 1.54) is 0 Å². The van der Waals surface area contributed by atoms with Crippen LogP contribution in [0.5, 0.6) is 0 Å². The van der Waals surface area contributed by atoms with Crippen LogP contribution in [0.15, 0.2) is 0 Å². The molecule has 1 rings (SSSR count). The maximum absolute atomic E-state index is 12.3. The van der Waals surface area contributed by atoms with Gasteiger partial charge in [0.25, 0.3) is 0 Å². The minimum atomic E-state index is -1.04. The van der Waals surface area contributed by atoms with Gasteiger partial charge in [0.2, 0.25) is 0 Å². The molecule has 0 aliphatic heterocycles. The Morgan fingerprint density at radius 2 is 1.26 bits per heavy atom. The van der Waals surface area contributed by atoms with E-state index in [1.54, 1.807) is 0 Å². The number of carbonyl (C=O) groups is 2. The quantitative estimate of drug-likeness (QED) is 0.422. The molecule has 4 nitrogen and oxygen atoms in total. The maximum atomic E-state index is 12.3. The fraction of sp³-hybridized carbons (Fsp3) is 0.867. The first-order chi connectivity index (χ1) is 9.17. The molecule has 4 heteroatoms. The zero-order valence-electron chi connectivity index (χ0n) is 12.2. The topological polar surface area (TPSA) is 52.6 Å². The summed E-state index contributed by atoms with van der Waals surface area (Å²) in [7, 11) is 0. The minimum absolute atomic E-state index is 0.377. The van der Waals surface area contributed by atoms with Crippen molar-refractivity contribution >= 4 is 11.9 Å². The van der Waals surface area contributed by atoms with E-state index >= 15 is 0 Å². The predicted octanol–water partition coefficient (Wildman–Crippen LogP) is 3.23. The Morgan fingerprint density at radius 1 is 0.842 bits per heavy atom. The molecule has 0 atom stereocenters. The lowest BCUT2D eigenvalue weighted by Crippen LogP contribution is -2.42. The van der Waals surface area contributed by atoms with E-state index in [4.69, 9.17) is 9.47 Å². The lowest BCUT2D eigenvalue weighted by atomic mass is 9.80. The first-order valence-electron chi connectivity index (χ1n) is 7.52. The van der Waals surface area contributed by atoms with Crippen LogP contribution in [0.1, 0.15) is 65.2 Å². The second-order valence-electron chi connectivity index (χ2n) is 5.27. The second kappa shape index (κ2) is 8.18. The molecule has 1 aliphatic carbocycles. The molecule has 1 saturated carbocycles. The van der Waals surface area contributed by atoms with Gasteiger partial charge in [0.05, 0.1) is 13.2 Å². The molecule has 0 unspecified atom stereocenters. The van der Waals surface area contributed by atoms with E-state index in [2.05, 4.69) is 0 Å². The van der Waals surface area contributed by atoms with E-state index < -0.39 is 5.41 Å². The summed E-state index contributed by atoms with van der Waals surface area (Å²) >= 11 is 0. The second-order valence-corrected chi connectivity index (χ2v) is 5.27. The Labute approximate surface area is 115 Å². The van der Waals surface area contributed by atoms with Gasteiger partial charge in [-0.3, -0.25) is 9.59 Å². The van der Waals surface area contributed by atoms with Crippen molar-refractivity contribution in [3.63, 3.8) is 0 Å². The van der Waals surface area contributed by atoms with Crippen LogP contribution in [0.2, 0.25) is 0 Å². The summed E-state index contributed by atoms with van der Waals surface area (Å²) in [5.74, 6) is -0.755. The number of esters is 2. The molecule has 0 bridgehead atoms. The van der Waals surface area contributed by atoms with Crippen molar-refractivity contribution in [3.8, 4) is 0 Å². The van der Waals surface area contributed by atoms with Crippen molar-refractivity contribution < 1.29 is 19.1 Å². The van der Waals surface area contributed by atoms with E-state index in [1.807, 2.05) is 13.8 Å². The van der Waals surface area contributed by atoms with Crippen molar-refractivity contribution in [2.45, 2.75) is 65.2 Å². The summed E-state index contributed by atoms with van der Waals surface area (Å²) in [5, 5.41) is 0. The van der Waals surface area contributed by atoms with Crippen LogP contribution >= 0.6 is 0 Å². The van der Waals surface area contributed by atoms with Crippen molar-refractivity contribution in [1.82, 2.24) is 0 Å². The molecule has 1 fully saturated rings. The molecular formula is C15H26O4. The third-order valence-electron chi connectivity index (χ3n) is 3.61. The Hall–Kier alpha value is -1.06. The highest BCUT2D eigenvalue weighted by atomic mass is 16.6. The van der Waals surface area contributed by atoms with Crippen LogP contribution in [0.4, 0.5) is 0 Å². The molecule has 0 aromatic heterocycles. The van der Waals surface area contributed by atoms with Crippen LogP contribution in [0.25, 0.3) is 0 Å². The third kappa shape index (κ3) is 4.22. The van der Waals surface area contributed by atoms with Gasteiger partial charge in [-0.05, 0) is 25.7 Å². The Bertz CT molecular complexity index is 269. The normalized spacial score (nSPS) is 18.4. The van der Waals surface area contributed by atoms with Crippen molar-refractivity contribution in [2.24, 2.45) is 5.41 Å². The fourth-order valence-corrected chi connectivity index (χ4v) is 2.49. The average Bonchev–Trinajstić information content (AvgIpc) is 2.68. The fourth-order valence-electron chi connectivity index (χ4n) is 2.49. The standard InChI is InChI=1S/C15H26O4/c1-3-11-18-13(16)15(14(17)19-12-4-2)9-7-5-6-8-10-15/h3-12H2,1-2H3. The van der Waals surface area contributed by atoms with Gasteiger partial charge in [-0.25, -0.2) is 0 Å². The molecule has 110 valence electrons. The smallest absolute Gasteiger partial charge is 0.323 e. The molecule has 0 heterocycles. The number of carbonyl (C=O) groups excluding carboxylic acids is 2. The average molecular weight is 270 g/mol. The number of ether oxygens (including phenoxy) is 2. The number of hydrogen-bond donors (Lipinski definition) is 0. The van der Waals surface area contributed by atoms with E-state index in [0.29, 0.717) is 26.1 Å². The van der Waals surface area contributed by atoms with Gasteiger partial charge in [-0.1, -0.05) is 39.5 Å². The molecular weight excluding hydrogens is 244 g/mol. The molecule has 0 aromatic carbocycles. The van der Waals surface area contributed by atoms with Gasteiger partial charge in [0.1, 0.15) is 0 Å². The number of hydrogen-bond acceptors (Lipinski definition) is 4. The molecule has 0 amide bonds. The maximum Gasteiger partial charge on any atom is 0.323 e. The highest BCUT2D eigenvalue weighted by Gasteiger charge is 2.48. The van der Waals surface area contributed by atoms with E-state index in [0.717, 1.165) is 38.5 Å². The van der Waals surface area contributed by atoms with Gasteiger partial charge in [-0.2, -0.15) is 0 Å². The monoisotopic (exact) mass is 270 g/mol. The van der Waals surface area contributed by atoms with Crippen LogP contribution in [0, 0.1) is 5.41 Å². The molecule has 0 aromatic rings. The van der Waals surface area contributed by atoms with E-state index in [9.17, 15) is 9.59 Å². The molecule has 0 radical (unpaired) electrons. The third-order valence-corrected chi connectivity index (χ3v) is 3.61. The summed E-state index contributed by atoms with van der Waals surface area (Å²) in [5.41, 5.74) is -1.04. The highest BCUT2D eigenvalue weighted by molar-refractivity contribution is 6.00. The van der Waals surface area contributed by atoms with Gasteiger partial charge >= 0.3 is 11.9 Å². The van der Waals surface area contributed by atoms with Crippen LogP contribution in [-0.2, 0) is 19.1 Å². The van der Waals surface area contributed by atoms with Crippen molar-refractivity contribution in [2.75, 3.05) is 13.2 Å². The SMILES string of the molecule is CCCOC(=O)C1(C(=O)OCCC)CCCCCC1. The highest BCUT2D eigenvalue weighted by Crippen LogP contribution is 2.37. The minimum Gasteiger partial charge on any atom is -0.465 e. The summed E-state index contributed by atoms with van der Waals surface area (Å²) in [4.78, 5) is 24.6. The zero-order chi connectivity index (χ0) is 14.1. The summed E-state index contributed by atoms with van der Waals surface area (Å²) < 4.78 is 10.5. The summed E-state index contributed by atoms with van der Waals surface area (Å²) in [6.07, 6.45) is 6.60. The van der Waals surface area contributed by atoms with Gasteiger partial charge < -0.3 is 9.47 Å². The first-order valence-corrected chi connectivity index (χ1v) is 7.52. The first kappa shape index (κ1) is 16.0. The largest absolute Gasteiger partial charge is 0.465 e. The predicted molar refractivity (Wildman–Crippen MR) is 72.6 cm³/mol. The van der Waals surface area contributed by atoms with Crippen LogP contribution in [-0.4, -0.2) is 25.2 Å². The molecule has 19 heavy (non-hydrogen) atoms. The molecule has 0 saturated heterocycles. The van der Waals surface area contributed by atoms with Crippen LogP contribution in [0.3, 0.4) is 0 Å². The lowest BCUT2D eigenvalue weighted by Gasteiger charge is -2.27. The van der Waals surface area contributed by atoms with Crippen LogP contribution < -0.4 is 0 Å². The Balaban J connectivity index is 2.81. The number of rotatable bonds is 6. The Morgan fingerprint density at radius 3 is 1.63 bits per heavy atom. The lowest BCUT2D eigenvalue weighted by molar-refractivity contribution is -0.174. The van der Waals surface area contributed by atoms with Gasteiger partial charge in [0.15, 0.2) is 5.41 Å². The summed E-state index contributed by atoms with van der Waals surface area (Å²) in [6, 6.07) is 0. The summed E-state index contributed by atoms with van der Waals surface area (Å²) in [6.45, 7) is 4.65. The molecule has 0 spiro atoms. The van der Waals surface area contributed by atoms with Crippen molar-refractivity contribution in [3.05, 3.63) is 0 Å². The van der Waals surface area contributed by atoms with Gasteiger partial charge in [0, 0.05) is 0 Å². The Kier molecular flexibility index (Phi) is 6.89. The molecule has 1 aliphatic rings. The van der Waals surface area contributed by atoms with Gasteiger partial charge in [-0.15, -0.1) is 0 Å². The zero-order valence-corrected chi connectivity index (χ0v) is 12.2. The van der Waals surface area contributed by atoms with E-state index in [-0.39, 0.29) is 11.9 Å². The van der Waals surface area contributed by atoms with Crippen molar-refractivity contribution in [1.29, 1.82) is 0 Å².